The van der Waals surface area contributed by atoms with E-state index in [1.807, 2.05) is 18.2 Å². The zero-order valence-corrected chi connectivity index (χ0v) is 12.6. The molecule has 0 amide bonds. The highest BCUT2D eigenvalue weighted by atomic mass is 79.9. The van der Waals surface area contributed by atoms with Crippen molar-refractivity contribution in [1.29, 1.82) is 5.26 Å². The lowest BCUT2D eigenvalue weighted by Gasteiger charge is -2.07. The fraction of sp³-hybridized carbons (Fsp3) is 0.133. The lowest BCUT2D eigenvalue weighted by Crippen LogP contribution is -1.83. The van der Waals surface area contributed by atoms with E-state index in [1.54, 1.807) is 11.8 Å². The standard InChI is InChI=1S/C15H12BrNS/c1-10-3-4-15(11(2)5-10)18-14-7-12(9-17)6-13(16)8-14/h3-8H,1-2H3. The first-order valence-corrected chi connectivity index (χ1v) is 7.15. The van der Waals surface area contributed by atoms with E-state index in [1.165, 1.54) is 16.0 Å². The second-order valence-electron chi connectivity index (χ2n) is 4.16. The van der Waals surface area contributed by atoms with Crippen LogP contribution in [-0.2, 0) is 0 Å². The van der Waals surface area contributed by atoms with E-state index in [2.05, 4.69) is 54.0 Å². The molecule has 0 N–H and O–H groups in total. The van der Waals surface area contributed by atoms with Gasteiger partial charge in [-0.1, -0.05) is 45.4 Å². The van der Waals surface area contributed by atoms with Gasteiger partial charge in [-0.15, -0.1) is 0 Å². The summed E-state index contributed by atoms with van der Waals surface area (Å²) in [6, 6.07) is 14.4. The normalized spacial score (nSPS) is 10.1. The molecule has 0 saturated heterocycles. The number of aryl methyl sites for hydroxylation is 2. The third-order valence-electron chi connectivity index (χ3n) is 2.56. The van der Waals surface area contributed by atoms with Gasteiger partial charge in [0.2, 0.25) is 0 Å². The molecule has 0 aliphatic carbocycles. The van der Waals surface area contributed by atoms with Gasteiger partial charge >= 0.3 is 0 Å². The minimum atomic E-state index is 0.677. The Morgan fingerprint density at radius 1 is 1.11 bits per heavy atom. The summed E-state index contributed by atoms with van der Waals surface area (Å²) in [6.07, 6.45) is 0. The molecule has 2 aromatic rings. The Labute approximate surface area is 120 Å². The first kappa shape index (κ1) is 13.2. The molecule has 0 saturated carbocycles. The maximum atomic E-state index is 8.96. The van der Waals surface area contributed by atoms with E-state index in [0.717, 1.165) is 9.37 Å². The van der Waals surface area contributed by atoms with E-state index >= 15 is 0 Å². The fourth-order valence-electron chi connectivity index (χ4n) is 1.73. The van der Waals surface area contributed by atoms with Crippen molar-refractivity contribution in [2.75, 3.05) is 0 Å². The second kappa shape index (κ2) is 5.60. The molecule has 1 nitrogen and oxygen atoms in total. The van der Waals surface area contributed by atoms with Crippen LogP contribution in [-0.4, -0.2) is 0 Å². The highest BCUT2D eigenvalue weighted by molar-refractivity contribution is 9.10. The molecule has 0 spiro atoms. The van der Waals surface area contributed by atoms with E-state index in [-0.39, 0.29) is 0 Å². The Kier molecular flexibility index (Phi) is 4.11. The third kappa shape index (κ3) is 3.16. The van der Waals surface area contributed by atoms with Crippen molar-refractivity contribution in [1.82, 2.24) is 0 Å². The number of hydrogen-bond donors (Lipinski definition) is 0. The van der Waals surface area contributed by atoms with Crippen molar-refractivity contribution in [2.45, 2.75) is 23.6 Å². The highest BCUT2D eigenvalue weighted by Crippen LogP contribution is 2.32. The summed E-state index contributed by atoms with van der Waals surface area (Å²) in [4.78, 5) is 2.30. The van der Waals surface area contributed by atoms with Crippen molar-refractivity contribution < 1.29 is 0 Å². The molecule has 0 atom stereocenters. The van der Waals surface area contributed by atoms with Gasteiger partial charge in [0.1, 0.15) is 0 Å². The minimum Gasteiger partial charge on any atom is -0.192 e. The molecule has 0 aliphatic rings. The number of halogens is 1. The van der Waals surface area contributed by atoms with Crippen LogP contribution in [0.3, 0.4) is 0 Å². The molecular formula is C15H12BrNS. The topological polar surface area (TPSA) is 23.8 Å². The first-order chi connectivity index (χ1) is 8.58. The highest BCUT2D eigenvalue weighted by Gasteiger charge is 2.04. The Morgan fingerprint density at radius 2 is 1.89 bits per heavy atom. The molecule has 0 fully saturated rings. The van der Waals surface area contributed by atoms with Crippen LogP contribution < -0.4 is 0 Å². The molecule has 0 unspecified atom stereocenters. The average molecular weight is 318 g/mol. The van der Waals surface area contributed by atoms with Gasteiger partial charge in [-0.2, -0.15) is 5.26 Å². The summed E-state index contributed by atoms with van der Waals surface area (Å²) < 4.78 is 0.939. The maximum Gasteiger partial charge on any atom is 0.0992 e. The molecule has 18 heavy (non-hydrogen) atoms. The number of nitrogens with zero attached hydrogens (tertiary/aromatic N) is 1. The molecule has 0 aromatic heterocycles. The summed E-state index contributed by atoms with van der Waals surface area (Å²) in [6.45, 7) is 4.20. The van der Waals surface area contributed by atoms with Gasteiger partial charge in [0.25, 0.3) is 0 Å². The summed E-state index contributed by atoms with van der Waals surface area (Å²) in [7, 11) is 0. The van der Waals surface area contributed by atoms with Crippen LogP contribution in [0.1, 0.15) is 16.7 Å². The molecule has 0 bridgehead atoms. The molecule has 2 aromatic carbocycles. The van der Waals surface area contributed by atoms with Crippen LogP contribution >= 0.6 is 27.7 Å². The van der Waals surface area contributed by atoms with Crippen LogP contribution in [0.5, 0.6) is 0 Å². The van der Waals surface area contributed by atoms with Gasteiger partial charge in [-0.05, 0) is 43.7 Å². The van der Waals surface area contributed by atoms with Gasteiger partial charge in [0.05, 0.1) is 11.6 Å². The Morgan fingerprint density at radius 3 is 2.56 bits per heavy atom. The quantitative estimate of drug-likeness (QED) is 0.770. The molecular weight excluding hydrogens is 306 g/mol. The predicted octanol–water partition coefficient (Wildman–Crippen LogP) is 5.09. The van der Waals surface area contributed by atoms with E-state index in [9.17, 15) is 0 Å². The Hall–Kier alpha value is -1.24. The zero-order chi connectivity index (χ0) is 13.1. The lowest BCUT2D eigenvalue weighted by molar-refractivity contribution is 1.25. The number of hydrogen-bond acceptors (Lipinski definition) is 2. The zero-order valence-electron chi connectivity index (χ0n) is 10.2. The summed E-state index contributed by atoms with van der Waals surface area (Å²) in [5.74, 6) is 0. The van der Waals surface area contributed by atoms with Crippen molar-refractivity contribution in [3.63, 3.8) is 0 Å². The molecule has 2 rings (SSSR count). The number of rotatable bonds is 2. The van der Waals surface area contributed by atoms with Crippen molar-refractivity contribution in [3.05, 3.63) is 57.6 Å². The fourth-order valence-corrected chi connectivity index (χ4v) is 3.35. The largest absolute Gasteiger partial charge is 0.192 e. The number of nitriles is 1. The SMILES string of the molecule is Cc1ccc(Sc2cc(Br)cc(C#N)c2)c(C)c1. The van der Waals surface area contributed by atoms with Crippen LogP contribution in [0.15, 0.2) is 50.7 Å². The molecule has 0 heterocycles. The Bertz CT molecular complexity index is 629. The van der Waals surface area contributed by atoms with Crippen molar-refractivity contribution >= 4 is 27.7 Å². The second-order valence-corrected chi connectivity index (χ2v) is 6.19. The molecule has 90 valence electrons. The first-order valence-electron chi connectivity index (χ1n) is 5.54. The van der Waals surface area contributed by atoms with Gasteiger partial charge in [0, 0.05) is 14.3 Å². The number of benzene rings is 2. The smallest absolute Gasteiger partial charge is 0.0992 e. The van der Waals surface area contributed by atoms with E-state index < -0.39 is 0 Å². The van der Waals surface area contributed by atoms with Gasteiger partial charge < -0.3 is 0 Å². The molecule has 3 heteroatoms. The van der Waals surface area contributed by atoms with Crippen LogP contribution in [0, 0.1) is 25.2 Å². The average Bonchev–Trinajstić information content (AvgIpc) is 2.32. The lowest BCUT2D eigenvalue weighted by atomic mass is 10.2. The summed E-state index contributed by atoms with van der Waals surface area (Å²) in [5.41, 5.74) is 3.21. The molecule has 0 radical (unpaired) electrons. The molecule has 0 aliphatic heterocycles. The third-order valence-corrected chi connectivity index (χ3v) is 4.17. The summed E-state index contributed by atoms with van der Waals surface area (Å²) >= 11 is 5.12. The van der Waals surface area contributed by atoms with Crippen LogP contribution in [0.4, 0.5) is 0 Å². The van der Waals surface area contributed by atoms with E-state index in [4.69, 9.17) is 5.26 Å². The monoisotopic (exact) mass is 317 g/mol. The van der Waals surface area contributed by atoms with Gasteiger partial charge in [-0.25, -0.2) is 0 Å². The Balaban J connectivity index is 2.34. The van der Waals surface area contributed by atoms with Gasteiger partial charge in [0.15, 0.2) is 0 Å². The van der Waals surface area contributed by atoms with Crippen molar-refractivity contribution in [2.24, 2.45) is 0 Å². The summed E-state index contributed by atoms with van der Waals surface area (Å²) in [5, 5.41) is 8.96. The van der Waals surface area contributed by atoms with Crippen molar-refractivity contribution in [3.8, 4) is 6.07 Å². The van der Waals surface area contributed by atoms with Crippen LogP contribution in [0.25, 0.3) is 0 Å². The van der Waals surface area contributed by atoms with Gasteiger partial charge in [-0.3, -0.25) is 0 Å². The van der Waals surface area contributed by atoms with E-state index in [0.29, 0.717) is 5.56 Å². The minimum absolute atomic E-state index is 0.677. The predicted molar refractivity (Wildman–Crippen MR) is 78.9 cm³/mol. The maximum absolute atomic E-state index is 8.96. The van der Waals surface area contributed by atoms with Crippen LogP contribution in [0.2, 0.25) is 0 Å².